The molecule has 2 unspecified atom stereocenters. The van der Waals surface area contributed by atoms with E-state index in [4.69, 9.17) is 11.8 Å². The van der Waals surface area contributed by atoms with Gasteiger partial charge in [0.1, 0.15) is 12.2 Å². The fourth-order valence-electron chi connectivity index (χ4n) is 1.000. The number of hydrogen-bond acceptors (Lipinski definition) is 2. The molecule has 1 rings (SSSR count). The van der Waals surface area contributed by atoms with E-state index in [-0.39, 0.29) is 0 Å². The third-order valence-electron chi connectivity index (χ3n) is 1.48. The van der Waals surface area contributed by atoms with E-state index in [1.165, 1.54) is 0 Å². The highest BCUT2D eigenvalue weighted by atomic mass is 32.7. The van der Waals surface area contributed by atoms with Crippen molar-refractivity contribution in [3.63, 3.8) is 0 Å². The van der Waals surface area contributed by atoms with Crippen LogP contribution in [0.25, 0.3) is 0 Å². The van der Waals surface area contributed by atoms with Crippen LogP contribution in [0.4, 0.5) is 0 Å². The normalized spacial score (nSPS) is 16.0. The minimum Gasteiger partial charge on any atom is -0.351 e. The molecule has 0 aliphatic rings. The van der Waals surface area contributed by atoms with Crippen molar-refractivity contribution < 1.29 is 9.46 Å². The standard InChI is InChI=1S/C7H9NO2P2S2/c9-11(13)8-12(10,14)6-7-4-2-1-3-5-7/h1-5H,6H2,(H2-,8,9,10,13,14)/p+1. The summed E-state index contributed by atoms with van der Waals surface area (Å²) in [6, 6.07) is 9.35. The van der Waals surface area contributed by atoms with Gasteiger partial charge < -0.3 is 4.89 Å². The van der Waals surface area contributed by atoms with Gasteiger partial charge in [-0.05, 0) is 26.8 Å². The lowest BCUT2D eigenvalue weighted by atomic mass is 10.2. The van der Waals surface area contributed by atoms with Crippen LogP contribution in [0, 0.1) is 0 Å². The second-order valence-corrected chi connectivity index (χ2v) is 8.69. The van der Waals surface area contributed by atoms with Gasteiger partial charge >= 0.3 is 7.15 Å². The van der Waals surface area contributed by atoms with Crippen molar-refractivity contribution in [2.45, 2.75) is 6.16 Å². The van der Waals surface area contributed by atoms with Crippen LogP contribution in [-0.2, 0) is 22.5 Å². The molecule has 2 atom stereocenters. The molecule has 1 aromatic carbocycles. The number of nitrogens with one attached hydrogen (secondary N) is 1. The largest absolute Gasteiger partial charge is 0.510 e. The second kappa shape index (κ2) is 5.36. The average Bonchev–Trinajstić information content (AvgIpc) is 2.02. The summed E-state index contributed by atoms with van der Waals surface area (Å²) in [5, 5.41) is 0. The fraction of sp³-hybridized carbons (Fsp3) is 0.143. The molecule has 0 aromatic heterocycles. The monoisotopic (exact) mass is 266 g/mol. The van der Waals surface area contributed by atoms with Crippen molar-refractivity contribution in [2.75, 3.05) is 0 Å². The van der Waals surface area contributed by atoms with E-state index in [0.717, 1.165) is 5.56 Å². The lowest BCUT2D eigenvalue weighted by molar-refractivity contribution is 0.588. The topological polar surface area (TPSA) is 49.3 Å². The highest BCUT2D eigenvalue weighted by molar-refractivity contribution is 8.41. The Balaban J connectivity index is 2.69. The van der Waals surface area contributed by atoms with Crippen molar-refractivity contribution in [3.05, 3.63) is 35.9 Å². The van der Waals surface area contributed by atoms with E-state index in [2.05, 4.69) is 17.1 Å². The molecule has 2 N–H and O–H groups in total. The van der Waals surface area contributed by atoms with Crippen LogP contribution >= 0.6 is 25.8 Å². The lowest BCUT2D eigenvalue weighted by Gasteiger charge is -2.09. The Morgan fingerprint density at radius 2 is 2.07 bits per heavy atom. The zero-order valence-electron chi connectivity index (χ0n) is 7.20. The van der Waals surface area contributed by atoms with Gasteiger partial charge in [0.25, 0.3) is 0 Å². The van der Waals surface area contributed by atoms with E-state index in [9.17, 15) is 9.46 Å². The molecule has 7 heteroatoms. The van der Waals surface area contributed by atoms with Crippen LogP contribution in [-0.4, -0.2) is 4.89 Å². The van der Waals surface area contributed by atoms with Gasteiger partial charge in [-0.3, -0.25) is 0 Å². The summed E-state index contributed by atoms with van der Waals surface area (Å²) in [5.41, 5.74) is 0.927. The lowest BCUT2D eigenvalue weighted by Crippen LogP contribution is -2.00. The summed E-state index contributed by atoms with van der Waals surface area (Å²) < 4.78 is 10.8. The second-order valence-electron chi connectivity index (χ2n) is 2.72. The molecule has 0 heterocycles. The van der Waals surface area contributed by atoms with Crippen molar-refractivity contribution >= 4 is 37.6 Å². The van der Waals surface area contributed by atoms with Gasteiger partial charge in [-0.25, -0.2) is 0 Å². The molecule has 76 valence electrons. The predicted octanol–water partition coefficient (Wildman–Crippen LogP) is 2.67. The van der Waals surface area contributed by atoms with Crippen LogP contribution in [0.1, 0.15) is 5.56 Å². The summed E-state index contributed by atoms with van der Waals surface area (Å²) in [4.78, 5) is 12.1. The average molecular weight is 266 g/mol. The Morgan fingerprint density at radius 3 is 2.57 bits per heavy atom. The fourth-order valence-corrected chi connectivity index (χ4v) is 6.05. The first-order valence-corrected chi connectivity index (χ1v) is 9.15. The molecule has 1 aromatic rings. The molecule has 0 fully saturated rings. The molecular formula is C7H10NO2P2S2+. The maximum absolute atomic E-state index is 10.8. The van der Waals surface area contributed by atoms with Crippen LogP contribution in [0.3, 0.4) is 0 Å². The predicted molar refractivity (Wildman–Crippen MR) is 66.4 cm³/mol. The van der Waals surface area contributed by atoms with Crippen molar-refractivity contribution in [2.24, 2.45) is 0 Å². The zero-order valence-corrected chi connectivity index (χ0v) is 10.7. The van der Waals surface area contributed by atoms with Gasteiger partial charge in [-0.1, -0.05) is 30.3 Å². The quantitative estimate of drug-likeness (QED) is 0.579. The van der Waals surface area contributed by atoms with Crippen molar-refractivity contribution in [1.29, 1.82) is 0 Å². The van der Waals surface area contributed by atoms with E-state index in [0.29, 0.717) is 6.16 Å². The Kier molecular flexibility index (Phi) is 4.71. The van der Waals surface area contributed by atoms with Gasteiger partial charge in [0, 0.05) is 6.16 Å². The Morgan fingerprint density at radius 1 is 1.50 bits per heavy atom. The van der Waals surface area contributed by atoms with Gasteiger partial charge in [0.05, 0.1) is 0 Å². The maximum Gasteiger partial charge on any atom is 0.510 e. The molecule has 0 amide bonds. The molecule has 0 spiro atoms. The number of rotatable bonds is 4. The SMILES string of the molecule is O=[P+](S)NP(O)(=S)Cc1ccccc1. The molecule has 0 aliphatic heterocycles. The van der Waals surface area contributed by atoms with E-state index >= 15 is 0 Å². The van der Waals surface area contributed by atoms with Crippen molar-refractivity contribution in [3.8, 4) is 0 Å². The smallest absolute Gasteiger partial charge is 0.351 e. The Bertz CT molecular complexity index is 371. The van der Waals surface area contributed by atoms with Crippen LogP contribution in [0.2, 0.25) is 0 Å². The highest BCUT2D eigenvalue weighted by Gasteiger charge is 2.23. The van der Waals surface area contributed by atoms with E-state index in [1.807, 2.05) is 30.3 Å². The first-order chi connectivity index (χ1) is 6.49. The summed E-state index contributed by atoms with van der Waals surface area (Å²) in [7, 11) is -1.90. The van der Waals surface area contributed by atoms with Crippen LogP contribution in [0.15, 0.2) is 30.3 Å². The van der Waals surface area contributed by atoms with Gasteiger partial charge in [0.2, 0.25) is 0 Å². The third kappa shape index (κ3) is 4.65. The maximum atomic E-state index is 10.8. The number of hydrogen-bond donors (Lipinski definition) is 3. The first-order valence-electron chi connectivity index (χ1n) is 3.79. The van der Waals surface area contributed by atoms with Gasteiger partial charge in [0.15, 0.2) is 6.42 Å². The summed E-state index contributed by atoms with van der Waals surface area (Å²) >= 11 is 8.58. The minimum absolute atomic E-state index is 0.324. The number of thiol groups is 1. The molecule has 3 nitrogen and oxygen atoms in total. The first kappa shape index (κ1) is 12.3. The molecule has 0 radical (unpaired) electrons. The van der Waals surface area contributed by atoms with Crippen LogP contribution < -0.4 is 4.86 Å². The highest BCUT2D eigenvalue weighted by Crippen LogP contribution is 2.46. The molecule has 0 bridgehead atoms. The van der Waals surface area contributed by atoms with Gasteiger partial charge in [-0.15, -0.1) is 0 Å². The minimum atomic E-state index is -2.75. The zero-order chi connectivity index (χ0) is 10.6. The van der Waals surface area contributed by atoms with Crippen LogP contribution in [0.5, 0.6) is 0 Å². The summed E-state index contributed by atoms with van der Waals surface area (Å²) in [6.07, 6.45) is -2.42. The van der Waals surface area contributed by atoms with Crippen molar-refractivity contribution in [1.82, 2.24) is 4.86 Å². The molecule has 14 heavy (non-hydrogen) atoms. The van der Waals surface area contributed by atoms with E-state index in [1.54, 1.807) is 0 Å². The van der Waals surface area contributed by atoms with E-state index < -0.39 is 13.6 Å². The molecular weight excluding hydrogens is 256 g/mol. The summed E-state index contributed by atoms with van der Waals surface area (Å²) in [6.45, 7) is 0. The Hall–Kier alpha value is 0.240. The molecule has 0 saturated carbocycles. The van der Waals surface area contributed by atoms with Gasteiger partial charge in [-0.2, -0.15) is 0 Å². The summed E-state index contributed by atoms with van der Waals surface area (Å²) in [5.74, 6) is 0. The Labute approximate surface area is 94.1 Å². The molecule has 0 saturated heterocycles. The molecule has 0 aliphatic carbocycles. The number of benzene rings is 1. The third-order valence-corrected chi connectivity index (χ3v) is 6.14.